The molecular formula is C22H50N6O. The van der Waals surface area contributed by atoms with Crippen molar-refractivity contribution in [3.63, 3.8) is 0 Å². The molecule has 8 N–H and O–H groups in total. The number of rotatable bonds is 21. The molecule has 0 aliphatic rings. The molecule has 2 unspecified atom stereocenters. The molecule has 0 aromatic rings. The fraction of sp³-hybridized carbons (Fsp3) is 0.955. The Balaban J connectivity index is 3.40. The van der Waals surface area contributed by atoms with E-state index in [1.54, 1.807) is 0 Å². The summed E-state index contributed by atoms with van der Waals surface area (Å²) in [6.45, 7) is 13.2. The monoisotopic (exact) mass is 414 g/mol. The Morgan fingerprint density at radius 3 is 2.00 bits per heavy atom. The van der Waals surface area contributed by atoms with Gasteiger partial charge < -0.3 is 32.7 Å². The van der Waals surface area contributed by atoms with Crippen molar-refractivity contribution in [2.24, 2.45) is 17.4 Å². The van der Waals surface area contributed by atoms with Crippen LogP contribution in [0.5, 0.6) is 0 Å². The lowest BCUT2D eigenvalue weighted by molar-refractivity contribution is -0.122. The zero-order valence-electron chi connectivity index (χ0n) is 19.4. The van der Waals surface area contributed by atoms with Crippen LogP contribution in [0.4, 0.5) is 0 Å². The summed E-state index contributed by atoms with van der Waals surface area (Å²) < 4.78 is 0. The van der Waals surface area contributed by atoms with E-state index in [1.165, 1.54) is 12.8 Å². The van der Waals surface area contributed by atoms with E-state index < -0.39 is 0 Å². The fourth-order valence-electron chi connectivity index (χ4n) is 3.29. The van der Waals surface area contributed by atoms with Gasteiger partial charge in [0.05, 0.1) is 6.04 Å². The second-order valence-corrected chi connectivity index (χ2v) is 8.58. The van der Waals surface area contributed by atoms with Crippen LogP contribution in [0.25, 0.3) is 0 Å². The molecular weight excluding hydrogens is 364 g/mol. The van der Waals surface area contributed by atoms with Crippen LogP contribution in [-0.4, -0.2) is 63.8 Å². The normalized spacial score (nSPS) is 13.6. The number of nitrogens with two attached hydrogens (primary N) is 2. The predicted molar refractivity (Wildman–Crippen MR) is 125 cm³/mol. The SMILES string of the molecule is CC(C)CC(C)NCCCCC(N)C(=O)NCCCNCCCCNCCCN. The van der Waals surface area contributed by atoms with E-state index in [2.05, 4.69) is 42.0 Å². The first-order chi connectivity index (χ1) is 14.0. The lowest BCUT2D eigenvalue weighted by Crippen LogP contribution is -2.41. The van der Waals surface area contributed by atoms with Gasteiger partial charge in [0, 0.05) is 12.6 Å². The van der Waals surface area contributed by atoms with E-state index in [0.717, 1.165) is 83.7 Å². The first-order valence-corrected chi connectivity index (χ1v) is 11.9. The van der Waals surface area contributed by atoms with Crippen molar-refractivity contribution in [3.05, 3.63) is 0 Å². The molecule has 0 saturated carbocycles. The van der Waals surface area contributed by atoms with Gasteiger partial charge in [0.2, 0.25) is 5.91 Å². The minimum Gasteiger partial charge on any atom is -0.355 e. The molecule has 0 rings (SSSR count). The third kappa shape index (κ3) is 20.3. The maximum Gasteiger partial charge on any atom is 0.236 e. The van der Waals surface area contributed by atoms with Gasteiger partial charge in [0.25, 0.3) is 0 Å². The van der Waals surface area contributed by atoms with Gasteiger partial charge in [-0.3, -0.25) is 4.79 Å². The van der Waals surface area contributed by atoms with Crippen LogP contribution < -0.4 is 32.7 Å². The van der Waals surface area contributed by atoms with Gasteiger partial charge in [-0.05, 0) is 97.1 Å². The Morgan fingerprint density at radius 2 is 1.38 bits per heavy atom. The zero-order valence-corrected chi connectivity index (χ0v) is 19.4. The topological polar surface area (TPSA) is 117 Å². The standard InChI is InChI=1S/C22H50N6O/c1-19(2)18-20(3)27-16-5-4-10-21(24)22(29)28-17-9-15-26-13-7-6-12-25-14-8-11-23/h19-21,25-27H,4-18,23-24H2,1-3H3,(H,28,29). The molecule has 1 amide bonds. The van der Waals surface area contributed by atoms with Crippen molar-refractivity contribution in [2.75, 3.05) is 45.8 Å². The number of unbranched alkanes of at least 4 members (excludes halogenated alkanes) is 2. The molecule has 29 heavy (non-hydrogen) atoms. The maximum atomic E-state index is 12.0. The molecule has 0 aliphatic heterocycles. The molecule has 0 aliphatic carbocycles. The Kier molecular flexibility index (Phi) is 20.0. The molecule has 0 radical (unpaired) electrons. The molecule has 7 heteroatoms. The summed E-state index contributed by atoms with van der Waals surface area (Å²) in [5, 5.41) is 13.3. The summed E-state index contributed by atoms with van der Waals surface area (Å²) in [6, 6.07) is 0.168. The second-order valence-electron chi connectivity index (χ2n) is 8.58. The lowest BCUT2D eigenvalue weighted by Gasteiger charge is -2.16. The van der Waals surface area contributed by atoms with Crippen molar-refractivity contribution < 1.29 is 4.79 Å². The van der Waals surface area contributed by atoms with E-state index in [9.17, 15) is 4.79 Å². The second kappa shape index (κ2) is 20.5. The third-order valence-corrected chi connectivity index (χ3v) is 4.94. The quantitative estimate of drug-likeness (QED) is 0.158. The van der Waals surface area contributed by atoms with Gasteiger partial charge in [-0.15, -0.1) is 0 Å². The van der Waals surface area contributed by atoms with Gasteiger partial charge in [0.1, 0.15) is 0 Å². The van der Waals surface area contributed by atoms with Crippen LogP contribution in [-0.2, 0) is 4.79 Å². The number of carbonyl (C=O) groups excluding carboxylic acids is 1. The fourth-order valence-corrected chi connectivity index (χ4v) is 3.29. The molecule has 2 atom stereocenters. The molecule has 174 valence electrons. The van der Waals surface area contributed by atoms with Crippen LogP contribution in [0.3, 0.4) is 0 Å². The highest BCUT2D eigenvalue weighted by atomic mass is 16.2. The highest BCUT2D eigenvalue weighted by molar-refractivity contribution is 5.81. The molecule has 0 spiro atoms. The number of hydrogen-bond donors (Lipinski definition) is 6. The van der Waals surface area contributed by atoms with Crippen molar-refractivity contribution in [1.82, 2.24) is 21.3 Å². The number of carbonyl (C=O) groups is 1. The van der Waals surface area contributed by atoms with Crippen LogP contribution >= 0.6 is 0 Å². The van der Waals surface area contributed by atoms with Crippen LogP contribution in [0.1, 0.15) is 72.1 Å². The van der Waals surface area contributed by atoms with E-state index in [0.29, 0.717) is 12.6 Å². The largest absolute Gasteiger partial charge is 0.355 e. The van der Waals surface area contributed by atoms with Gasteiger partial charge in [-0.25, -0.2) is 0 Å². The van der Waals surface area contributed by atoms with Gasteiger partial charge in [-0.2, -0.15) is 0 Å². The first-order valence-electron chi connectivity index (χ1n) is 11.9. The third-order valence-electron chi connectivity index (χ3n) is 4.94. The molecule has 0 aromatic carbocycles. The lowest BCUT2D eigenvalue weighted by atomic mass is 10.0. The van der Waals surface area contributed by atoms with E-state index in [-0.39, 0.29) is 11.9 Å². The van der Waals surface area contributed by atoms with Crippen LogP contribution in [0.15, 0.2) is 0 Å². The minimum atomic E-state index is -0.386. The van der Waals surface area contributed by atoms with Crippen molar-refractivity contribution in [3.8, 4) is 0 Å². The van der Waals surface area contributed by atoms with E-state index in [1.807, 2.05) is 0 Å². The van der Waals surface area contributed by atoms with Crippen molar-refractivity contribution >= 4 is 5.91 Å². The number of nitrogens with one attached hydrogen (secondary N) is 4. The summed E-state index contributed by atoms with van der Waals surface area (Å²) in [5.74, 6) is 0.702. The Hall–Kier alpha value is -0.730. The highest BCUT2D eigenvalue weighted by Crippen LogP contribution is 2.04. The highest BCUT2D eigenvalue weighted by Gasteiger charge is 2.12. The molecule has 0 bridgehead atoms. The number of amides is 1. The van der Waals surface area contributed by atoms with Gasteiger partial charge in [0.15, 0.2) is 0 Å². The summed E-state index contributed by atoms with van der Waals surface area (Å²) in [6.07, 6.45) is 8.32. The summed E-state index contributed by atoms with van der Waals surface area (Å²) in [5.41, 5.74) is 11.5. The molecule has 0 heterocycles. The first kappa shape index (κ1) is 28.3. The molecule has 0 aromatic heterocycles. The summed E-state index contributed by atoms with van der Waals surface area (Å²) >= 11 is 0. The summed E-state index contributed by atoms with van der Waals surface area (Å²) in [4.78, 5) is 12.0. The van der Waals surface area contributed by atoms with Crippen LogP contribution in [0.2, 0.25) is 0 Å². The molecule has 0 fully saturated rings. The van der Waals surface area contributed by atoms with Crippen molar-refractivity contribution in [1.29, 1.82) is 0 Å². The average molecular weight is 415 g/mol. The summed E-state index contributed by atoms with van der Waals surface area (Å²) in [7, 11) is 0. The van der Waals surface area contributed by atoms with Crippen LogP contribution in [0, 0.1) is 5.92 Å². The Bertz CT molecular complexity index is 367. The van der Waals surface area contributed by atoms with Crippen molar-refractivity contribution in [2.45, 2.75) is 84.2 Å². The average Bonchev–Trinajstić information content (AvgIpc) is 2.67. The Morgan fingerprint density at radius 1 is 0.793 bits per heavy atom. The molecule has 7 nitrogen and oxygen atoms in total. The smallest absolute Gasteiger partial charge is 0.236 e. The Labute approximate surface area is 179 Å². The molecule has 0 saturated heterocycles. The zero-order chi connectivity index (χ0) is 21.7. The van der Waals surface area contributed by atoms with E-state index in [4.69, 9.17) is 11.5 Å². The van der Waals surface area contributed by atoms with Gasteiger partial charge in [-0.1, -0.05) is 20.3 Å². The van der Waals surface area contributed by atoms with Gasteiger partial charge >= 0.3 is 0 Å². The minimum absolute atomic E-state index is 0.0188. The maximum absolute atomic E-state index is 12.0. The number of hydrogen-bond acceptors (Lipinski definition) is 6. The van der Waals surface area contributed by atoms with E-state index >= 15 is 0 Å². The predicted octanol–water partition coefficient (Wildman–Crippen LogP) is 1.32.